The molecule has 9 heteroatoms. The maximum absolute atomic E-state index is 12.9. The van der Waals surface area contributed by atoms with Crippen LogP contribution >= 0.6 is 0 Å². The highest BCUT2D eigenvalue weighted by atomic mass is 19.1. The van der Waals surface area contributed by atoms with Crippen LogP contribution in [0.25, 0.3) is 11.0 Å². The second kappa shape index (κ2) is 6.79. The first-order chi connectivity index (χ1) is 12.4. The molecular weight excluding hydrogens is 343 g/mol. The number of rotatable bonds is 4. The maximum atomic E-state index is 12.9. The molecule has 26 heavy (non-hydrogen) atoms. The lowest BCUT2D eigenvalue weighted by Crippen LogP contribution is -2.42. The molecule has 0 aliphatic heterocycles. The van der Waals surface area contributed by atoms with Crippen molar-refractivity contribution >= 4 is 22.6 Å². The Morgan fingerprint density at radius 3 is 2.58 bits per heavy atom. The number of amides is 1. The second-order valence-corrected chi connectivity index (χ2v) is 5.50. The minimum absolute atomic E-state index is 0.103. The Balaban J connectivity index is 2.02. The molecule has 0 unspecified atom stereocenters. The summed E-state index contributed by atoms with van der Waals surface area (Å²) in [7, 11) is 2.84. The van der Waals surface area contributed by atoms with Gasteiger partial charge >= 0.3 is 5.69 Å². The predicted molar refractivity (Wildman–Crippen MR) is 92.8 cm³/mol. The van der Waals surface area contributed by atoms with E-state index in [2.05, 4.69) is 10.3 Å². The Bertz CT molecular complexity index is 1100. The van der Waals surface area contributed by atoms with Gasteiger partial charge in [0.1, 0.15) is 23.5 Å². The molecule has 0 fully saturated rings. The van der Waals surface area contributed by atoms with Gasteiger partial charge in [0, 0.05) is 18.9 Å². The molecule has 1 amide bonds. The monoisotopic (exact) mass is 358 g/mol. The fraction of sp³-hybridized carbons (Fsp3) is 0.176. The molecule has 1 aromatic carbocycles. The number of methoxy groups -OCH3 is 1. The molecule has 2 heterocycles. The number of aromatic nitrogens is 3. The van der Waals surface area contributed by atoms with E-state index in [9.17, 15) is 18.8 Å². The van der Waals surface area contributed by atoms with Crippen molar-refractivity contribution in [2.75, 3.05) is 12.4 Å². The fourth-order valence-corrected chi connectivity index (χ4v) is 2.57. The first-order valence-corrected chi connectivity index (χ1v) is 7.60. The van der Waals surface area contributed by atoms with Gasteiger partial charge < -0.3 is 10.1 Å². The minimum Gasteiger partial charge on any atom is -0.496 e. The summed E-state index contributed by atoms with van der Waals surface area (Å²) in [6.45, 7) is -0.503. The summed E-state index contributed by atoms with van der Waals surface area (Å²) >= 11 is 0. The molecule has 8 nitrogen and oxygen atoms in total. The van der Waals surface area contributed by atoms with Gasteiger partial charge in [0.25, 0.3) is 5.56 Å². The van der Waals surface area contributed by atoms with Gasteiger partial charge in [-0.05, 0) is 30.3 Å². The standard InChI is InChI=1S/C17H15FN4O4/c1-21-15-14(12(26-2)7-8-19-15)16(24)22(17(21)25)9-13(23)20-11-5-3-10(18)4-6-11/h3-8H,9H2,1-2H3,(H,20,23). The second-order valence-electron chi connectivity index (χ2n) is 5.50. The molecule has 0 spiro atoms. The number of aryl methyl sites for hydroxylation is 1. The average molecular weight is 358 g/mol. The summed E-state index contributed by atoms with van der Waals surface area (Å²) in [5, 5.41) is 2.61. The molecule has 0 saturated carbocycles. The Hall–Kier alpha value is -3.49. The van der Waals surface area contributed by atoms with Crippen LogP contribution in [0.1, 0.15) is 0 Å². The predicted octanol–water partition coefficient (Wildman–Crippen LogP) is 0.882. The van der Waals surface area contributed by atoms with E-state index in [4.69, 9.17) is 4.74 Å². The smallest absolute Gasteiger partial charge is 0.332 e. The first-order valence-electron chi connectivity index (χ1n) is 7.60. The van der Waals surface area contributed by atoms with Gasteiger partial charge in [0.2, 0.25) is 5.91 Å². The molecule has 0 aliphatic rings. The van der Waals surface area contributed by atoms with Crippen molar-refractivity contribution in [2.45, 2.75) is 6.54 Å². The minimum atomic E-state index is -0.683. The van der Waals surface area contributed by atoms with E-state index in [1.165, 1.54) is 55.3 Å². The van der Waals surface area contributed by atoms with E-state index >= 15 is 0 Å². The van der Waals surface area contributed by atoms with Crippen LogP contribution in [0.2, 0.25) is 0 Å². The van der Waals surface area contributed by atoms with Gasteiger partial charge in [0.05, 0.1) is 7.11 Å². The highest BCUT2D eigenvalue weighted by Crippen LogP contribution is 2.18. The zero-order valence-corrected chi connectivity index (χ0v) is 14.0. The van der Waals surface area contributed by atoms with E-state index in [-0.39, 0.29) is 16.8 Å². The van der Waals surface area contributed by atoms with Crippen LogP contribution in [0.3, 0.4) is 0 Å². The van der Waals surface area contributed by atoms with Crippen LogP contribution in [0, 0.1) is 5.82 Å². The lowest BCUT2D eigenvalue weighted by Gasteiger charge is -2.12. The van der Waals surface area contributed by atoms with Crippen LogP contribution in [0.15, 0.2) is 46.1 Å². The Labute approximate surface area is 146 Å². The van der Waals surface area contributed by atoms with Gasteiger partial charge in [-0.2, -0.15) is 0 Å². The SMILES string of the molecule is COc1ccnc2c1c(=O)n(CC(=O)Nc1ccc(F)cc1)c(=O)n2C. The fourth-order valence-electron chi connectivity index (χ4n) is 2.57. The average Bonchev–Trinajstić information content (AvgIpc) is 2.64. The number of nitrogens with one attached hydrogen (secondary N) is 1. The van der Waals surface area contributed by atoms with Crippen LogP contribution in [0.4, 0.5) is 10.1 Å². The van der Waals surface area contributed by atoms with E-state index in [1.807, 2.05) is 0 Å². The molecule has 0 radical (unpaired) electrons. The van der Waals surface area contributed by atoms with Crippen molar-refractivity contribution in [3.63, 3.8) is 0 Å². The Morgan fingerprint density at radius 2 is 1.92 bits per heavy atom. The number of pyridine rings is 1. The molecular formula is C17H15FN4O4. The number of hydrogen-bond acceptors (Lipinski definition) is 5. The number of halogens is 1. The van der Waals surface area contributed by atoms with Crippen LogP contribution in [-0.4, -0.2) is 27.1 Å². The van der Waals surface area contributed by atoms with Gasteiger partial charge in [0.15, 0.2) is 5.65 Å². The number of nitrogens with zero attached hydrogens (tertiary/aromatic N) is 3. The lowest BCUT2D eigenvalue weighted by molar-refractivity contribution is -0.116. The summed E-state index contributed by atoms with van der Waals surface area (Å²) in [4.78, 5) is 41.4. The lowest BCUT2D eigenvalue weighted by atomic mass is 10.3. The van der Waals surface area contributed by atoms with Crippen LogP contribution < -0.4 is 21.3 Å². The molecule has 134 valence electrons. The highest BCUT2D eigenvalue weighted by molar-refractivity contribution is 5.90. The zero-order valence-electron chi connectivity index (χ0n) is 14.0. The van der Waals surface area contributed by atoms with E-state index in [0.717, 1.165) is 4.57 Å². The summed E-state index contributed by atoms with van der Waals surface area (Å²) in [6.07, 6.45) is 1.42. The van der Waals surface area contributed by atoms with Gasteiger partial charge in [-0.3, -0.25) is 14.2 Å². The Kier molecular flexibility index (Phi) is 4.53. The number of carbonyl (C=O) groups is 1. The number of anilines is 1. The molecule has 0 aliphatic carbocycles. The van der Waals surface area contributed by atoms with Gasteiger partial charge in [-0.25, -0.2) is 18.7 Å². The quantitative estimate of drug-likeness (QED) is 0.747. The van der Waals surface area contributed by atoms with Crippen molar-refractivity contribution in [1.82, 2.24) is 14.1 Å². The third-order valence-electron chi connectivity index (χ3n) is 3.84. The highest BCUT2D eigenvalue weighted by Gasteiger charge is 2.17. The molecule has 0 saturated heterocycles. The van der Waals surface area contributed by atoms with Crippen molar-refractivity contribution in [3.05, 3.63) is 63.2 Å². The molecule has 1 N–H and O–H groups in total. The first kappa shape index (κ1) is 17.3. The topological polar surface area (TPSA) is 95.2 Å². The molecule has 3 aromatic rings. The Morgan fingerprint density at radius 1 is 1.23 bits per heavy atom. The van der Waals surface area contributed by atoms with Crippen LogP contribution in [-0.2, 0) is 18.4 Å². The van der Waals surface area contributed by atoms with E-state index in [0.29, 0.717) is 5.69 Å². The number of hydrogen-bond donors (Lipinski definition) is 1. The molecule has 3 rings (SSSR count). The van der Waals surface area contributed by atoms with E-state index < -0.39 is 29.5 Å². The zero-order chi connectivity index (χ0) is 18.8. The van der Waals surface area contributed by atoms with Crippen molar-refractivity contribution in [3.8, 4) is 5.75 Å². The molecule has 2 aromatic heterocycles. The normalized spacial score (nSPS) is 10.7. The molecule has 0 bridgehead atoms. The van der Waals surface area contributed by atoms with Crippen molar-refractivity contribution in [2.24, 2.45) is 7.05 Å². The summed E-state index contributed by atoms with van der Waals surface area (Å²) in [5.74, 6) is -0.788. The number of ether oxygens (including phenoxy) is 1. The van der Waals surface area contributed by atoms with Crippen molar-refractivity contribution in [1.29, 1.82) is 0 Å². The summed E-state index contributed by atoms with van der Waals surface area (Å²) in [5.41, 5.74) is -0.851. The number of carbonyl (C=O) groups excluding carboxylic acids is 1. The van der Waals surface area contributed by atoms with Gasteiger partial charge in [-0.15, -0.1) is 0 Å². The maximum Gasteiger partial charge on any atom is 0.332 e. The summed E-state index contributed by atoms with van der Waals surface area (Å²) < 4.78 is 20.1. The third-order valence-corrected chi connectivity index (χ3v) is 3.84. The third kappa shape index (κ3) is 3.06. The summed E-state index contributed by atoms with van der Waals surface area (Å²) in [6, 6.07) is 6.63. The van der Waals surface area contributed by atoms with E-state index in [1.54, 1.807) is 0 Å². The number of benzene rings is 1. The number of fused-ring (bicyclic) bond motifs is 1. The van der Waals surface area contributed by atoms with Crippen LogP contribution in [0.5, 0.6) is 5.75 Å². The van der Waals surface area contributed by atoms with Gasteiger partial charge in [-0.1, -0.05) is 0 Å². The van der Waals surface area contributed by atoms with Crippen molar-refractivity contribution < 1.29 is 13.9 Å². The molecule has 0 atom stereocenters. The largest absolute Gasteiger partial charge is 0.496 e.